The summed E-state index contributed by atoms with van der Waals surface area (Å²) in [7, 11) is 0. The molecule has 3 N–H and O–H groups in total. The number of hydrogen-bond acceptors (Lipinski definition) is 4. The van der Waals surface area contributed by atoms with Crippen LogP contribution < -0.4 is 10.6 Å². The first-order valence-electron chi connectivity index (χ1n) is 6.00. The fourth-order valence-corrected chi connectivity index (χ4v) is 1.31. The maximum atomic E-state index is 11.3. The van der Waals surface area contributed by atoms with Gasteiger partial charge < -0.3 is 20.5 Å². The minimum Gasteiger partial charge on any atom is -0.480 e. The highest BCUT2D eigenvalue weighted by Gasteiger charge is 2.09. The maximum Gasteiger partial charge on any atom is 0.407 e. The smallest absolute Gasteiger partial charge is 0.407 e. The van der Waals surface area contributed by atoms with Crippen molar-refractivity contribution in [3.05, 3.63) is 35.9 Å². The number of benzene rings is 1. The molecule has 0 saturated heterocycles. The van der Waals surface area contributed by atoms with Crippen molar-refractivity contribution in [1.29, 1.82) is 0 Å². The molecule has 0 fully saturated rings. The van der Waals surface area contributed by atoms with Crippen LogP contribution in [0.25, 0.3) is 0 Å². The zero-order valence-corrected chi connectivity index (χ0v) is 10.8. The minimum absolute atomic E-state index is 0.214. The van der Waals surface area contributed by atoms with E-state index in [0.717, 1.165) is 5.56 Å². The molecule has 0 heterocycles. The van der Waals surface area contributed by atoms with Gasteiger partial charge >= 0.3 is 12.1 Å². The Bertz CT molecular complexity index is 408. The van der Waals surface area contributed by atoms with Gasteiger partial charge in [0.1, 0.15) is 12.6 Å². The van der Waals surface area contributed by atoms with Crippen LogP contribution in [-0.4, -0.2) is 36.3 Å². The number of carboxylic acid groups (broad SMARTS) is 1. The number of carboxylic acids is 1. The standard InChI is InChI=1S/C13H18N2O4/c1-10(12(16)17)14-7-8-15-13(18)19-9-11-5-3-2-4-6-11/h2-6,10,14H,7-9H2,1H3,(H,15,18)(H,16,17). The molecule has 0 aliphatic heterocycles. The van der Waals surface area contributed by atoms with Crippen molar-refractivity contribution in [3.63, 3.8) is 0 Å². The van der Waals surface area contributed by atoms with E-state index in [-0.39, 0.29) is 6.61 Å². The number of carbonyl (C=O) groups excluding carboxylic acids is 1. The first-order chi connectivity index (χ1) is 9.09. The van der Waals surface area contributed by atoms with Gasteiger partial charge in [0.25, 0.3) is 0 Å². The van der Waals surface area contributed by atoms with Crippen LogP contribution >= 0.6 is 0 Å². The SMILES string of the molecule is CC(NCCNC(=O)OCc1ccccc1)C(=O)O. The van der Waals surface area contributed by atoms with Gasteiger partial charge in [-0.15, -0.1) is 0 Å². The lowest BCUT2D eigenvalue weighted by molar-refractivity contribution is -0.138. The highest BCUT2D eigenvalue weighted by molar-refractivity contribution is 5.72. The maximum absolute atomic E-state index is 11.3. The molecule has 1 atom stereocenters. The molecule has 1 unspecified atom stereocenters. The van der Waals surface area contributed by atoms with Crippen LogP contribution in [0.1, 0.15) is 12.5 Å². The van der Waals surface area contributed by atoms with Crippen LogP contribution in [0.5, 0.6) is 0 Å². The molecule has 0 aromatic heterocycles. The van der Waals surface area contributed by atoms with Gasteiger partial charge in [-0.05, 0) is 12.5 Å². The molecule has 0 saturated carbocycles. The lowest BCUT2D eigenvalue weighted by atomic mass is 10.2. The van der Waals surface area contributed by atoms with Gasteiger partial charge in [0.2, 0.25) is 0 Å². The summed E-state index contributed by atoms with van der Waals surface area (Å²) in [6, 6.07) is 8.72. The first-order valence-corrected chi connectivity index (χ1v) is 6.00. The van der Waals surface area contributed by atoms with E-state index in [2.05, 4.69) is 10.6 Å². The van der Waals surface area contributed by atoms with Gasteiger partial charge in [-0.2, -0.15) is 0 Å². The Kier molecular flexibility index (Phi) is 6.38. The van der Waals surface area contributed by atoms with E-state index in [1.807, 2.05) is 30.3 Å². The number of alkyl carbamates (subject to hydrolysis) is 1. The van der Waals surface area contributed by atoms with Crippen molar-refractivity contribution >= 4 is 12.1 Å². The second-order valence-electron chi connectivity index (χ2n) is 4.00. The Morgan fingerprint density at radius 1 is 1.26 bits per heavy atom. The Hall–Kier alpha value is -2.08. The molecule has 19 heavy (non-hydrogen) atoms. The summed E-state index contributed by atoms with van der Waals surface area (Å²) in [4.78, 5) is 21.8. The second kappa shape index (κ2) is 8.10. The summed E-state index contributed by atoms with van der Waals surface area (Å²) in [5, 5.41) is 13.9. The topological polar surface area (TPSA) is 87.7 Å². The fraction of sp³-hybridized carbons (Fsp3) is 0.385. The van der Waals surface area contributed by atoms with E-state index in [1.54, 1.807) is 0 Å². The Morgan fingerprint density at radius 2 is 1.95 bits per heavy atom. The first kappa shape index (κ1) is 15.0. The Labute approximate surface area is 111 Å². The van der Waals surface area contributed by atoms with Crippen molar-refractivity contribution in [2.75, 3.05) is 13.1 Å². The number of nitrogens with one attached hydrogen (secondary N) is 2. The van der Waals surface area contributed by atoms with Crippen LogP contribution in [0.15, 0.2) is 30.3 Å². The highest BCUT2D eigenvalue weighted by Crippen LogP contribution is 2.00. The van der Waals surface area contributed by atoms with Gasteiger partial charge in [0.15, 0.2) is 0 Å². The van der Waals surface area contributed by atoms with E-state index in [9.17, 15) is 9.59 Å². The predicted molar refractivity (Wildman–Crippen MR) is 69.7 cm³/mol. The summed E-state index contributed by atoms with van der Waals surface area (Å²) < 4.78 is 4.99. The molecule has 1 amide bonds. The molecule has 0 aliphatic rings. The third-order valence-corrected chi connectivity index (χ3v) is 2.43. The molecule has 6 nitrogen and oxygen atoms in total. The van der Waals surface area contributed by atoms with Crippen LogP contribution in [0.3, 0.4) is 0 Å². The van der Waals surface area contributed by atoms with Gasteiger partial charge in [-0.25, -0.2) is 4.79 Å². The molecule has 0 bridgehead atoms. The third-order valence-electron chi connectivity index (χ3n) is 2.43. The second-order valence-corrected chi connectivity index (χ2v) is 4.00. The molecule has 1 aromatic rings. The van der Waals surface area contributed by atoms with Gasteiger partial charge in [-0.3, -0.25) is 4.79 Å². The van der Waals surface area contributed by atoms with Gasteiger partial charge in [0, 0.05) is 13.1 Å². The number of amides is 1. The highest BCUT2D eigenvalue weighted by atomic mass is 16.5. The third kappa shape index (κ3) is 6.42. The van der Waals surface area contributed by atoms with Crippen molar-refractivity contribution < 1.29 is 19.4 Å². The van der Waals surface area contributed by atoms with Gasteiger partial charge in [-0.1, -0.05) is 30.3 Å². The van der Waals surface area contributed by atoms with E-state index in [0.29, 0.717) is 13.1 Å². The average Bonchev–Trinajstić information content (AvgIpc) is 2.42. The van der Waals surface area contributed by atoms with Crippen LogP contribution in [0, 0.1) is 0 Å². The largest absolute Gasteiger partial charge is 0.480 e. The monoisotopic (exact) mass is 266 g/mol. The minimum atomic E-state index is -0.924. The lowest BCUT2D eigenvalue weighted by Crippen LogP contribution is -2.39. The van der Waals surface area contributed by atoms with Crippen molar-refractivity contribution in [1.82, 2.24) is 10.6 Å². The molecule has 1 rings (SSSR count). The van der Waals surface area contributed by atoms with Crippen molar-refractivity contribution in [2.24, 2.45) is 0 Å². The summed E-state index contributed by atoms with van der Waals surface area (Å²) in [6.07, 6.45) is -0.520. The quantitative estimate of drug-likeness (QED) is 0.640. The summed E-state index contributed by atoms with van der Waals surface area (Å²) >= 11 is 0. The zero-order valence-electron chi connectivity index (χ0n) is 10.8. The van der Waals surface area contributed by atoms with Crippen molar-refractivity contribution in [3.8, 4) is 0 Å². The summed E-state index contributed by atoms with van der Waals surface area (Å²) in [5.74, 6) is -0.924. The zero-order chi connectivity index (χ0) is 14.1. The number of hydrogen-bond donors (Lipinski definition) is 3. The normalized spacial score (nSPS) is 11.6. The van der Waals surface area contributed by atoms with E-state index < -0.39 is 18.1 Å². The molecule has 0 aliphatic carbocycles. The Morgan fingerprint density at radius 3 is 2.58 bits per heavy atom. The molecule has 0 spiro atoms. The lowest BCUT2D eigenvalue weighted by Gasteiger charge is -2.10. The number of rotatable bonds is 7. The van der Waals surface area contributed by atoms with Crippen LogP contribution in [0.4, 0.5) is 4.79 Å². The average molecular weight is 266 g/mol. The molecule has 1 aromatic carbocycles. The van der Waals surface area contributed by atoms with E-state index >= 15 is 0 Å². The number of carbonyl (C=O) groups is 2. The van der Waals surface area contributed by atoms with E-state index in [4.69, 9.17) is 9.84 Å². The van der Waals surface area contributed by atoms with Crippen LogP contribution in [-0.2, 0) is 16.1 Å². The molecule has 6 heteroatoms. The summed E-state index contributed by atoms with van der Waals surface area (Å²) in [5.41, 5.74) is 0.912. The van der Waals surface area contributed by atoms with E-state index in [1.165, 1.54) is 6.92 Å². The predicted octanol–water partition coefficient (Wildman–Crippen LogP) is 0.975. The molecule has 104 valence electrons. The molecular formula is C13H18N2O4. The summed E-state index contributed by atoms with van der Waals surface area (Å²) in [6.45, 7) is 2.43. The van der Waals surface area contributed by atoms with Gasteiger partial charge in [0.05, 0.1) is 0 Å². The fourth-order valence-electron chi connectivity index (χ4n) is 1.31. The number of ether oxygens (including phenoxy) is 1. The van der Waals surface area contributed by atoms with Crippen molar-refractivity contribution in [2.45, 2.75) is 19.6 Å². The Balaban J connectivity index is 2.10. The molecule has 0 radical (unpaired) electrons. The number of aliphatic carboxylic acids is 1. The molecular weight excluding hydrogens is 248 g/mol. The van der Waals surface area contributed by atoms with Crippen LogP contribution in [0.2, 0.25) is 0 Å².